The van der Waals surface area contributed by atoms with E-state index in [0.29, 0.717) is 6.42 Å². The van der Waals surface area contributed by atoms with Crippen molar-refractivity contribution in [2.75, 3.05) is 0 Å². The van der Waals surface area contributed by atoms with Crippen LogP contribution in [0, 0.1) is 5.82 Å². The minimum atomic E-state index is -0.251. The van der Waals surface area contributed by atoms with Crippen molar-refractivity contribution in [1.29, 1.82) is 0 Å². The van der Waals surface area contributed by atoms with Gasteiger partial charge in [0.15, 0.2) is 5.78 Å². The average molecular weight is 192 g/mol. The molecule has 0 fully saturated rings. The van der Waals surface area contributed by atoms with Crippen LogP contribution in [0.1, 0.15) is 19.4 Å². The standard InChI is InChI=1S/C12H13FO/c1-3-11(9(2)14)8-10-4-6-12(13)7-5-10/h3-7H,8H2,1-2H3/b11-3+. The van der Waals surface area contributed by atoms with E-state index in [-0.39, 0.29) is 11.6 Å². The monoisotopic (exact) mass is 192 g/mol. The number of allylic oxidation sites excluding steroid dienone is 2. The second-order valence-electron chi connectivity index (χ2n) is 3.17. The van der Waals surface area contributed by atoms with Gasteiger partial charge in [-0.3, -0.25) is 4.79 Å². The molecule has 0 heterocycles. The number of carbonyl (C=O) groups is 1. The van der Waals surface area contributed by atoms with Crippen molar-refractivity contribution in [3.63, 3.8) is 0 Å². The summed E-state index contributed by atoms with van der Waals surface area (Å²) in [5.74, 6) is -0.185. The summed E-state index contributed by atoms with van der Waals surface area (Å²) in [5.41, 5.74) is 1.71. The molecular formula is C12H13FO. The van der Waals surface area contributed by atoms with E-state index in [1.54, 1.807) is 25.1 Å². The van der Waals surface area contributed by atoms with E-state index in [1.165, 1.54) is 12.1 Å². The topological polar surface area (TPSA) is 17.1 Å². The summed E-state index contributed by atoms with van der Waals surface area (Å²) in [6.07, 6.45) is 2.37. The van der Waals surface area contributed by atoms with Gasteiger partial charge in [0.05, 0.1) is 0 Å². The molecule has 0 aromatic heterocycles. The quantitative estimate of drug-likeness (QED) is 0.673. The maximum Gasteiger partial charge on any atom is 0.155 e. The van der Waals surface area contributed by atoms with Crippen molar-refractivity contribution >= 4 is 5.78 Å². The lowest BCUT2D eigenvalue weighted by Gasteiger charge is -2.02. The van der Waals surface area contributed by atoms with Gasteiger partial charge < -0.3 is 0 Å². The Labute approximate surface area is 83.3 Å². The smallest absolute Gasteiger partial charge is 0.155 e. The number of halogens is 1. The van der Waals surface area contributed by atoms with Gasteiger partial charge in [0.1, 0.15) is 5.82 Å². The molecule has 0 spiro atoms. The van der Waals surface area contributed by atoms with Crippen molar-refractivity contribution in [2.24, 2.45) is 0 Å². The second kappa shape index (κ2) is 4.70. The van der Waals surface area contributed by atoms with Gasteiger partial charge in [-0.1, -0.05) is 18.2 Å². The highest BCUT2D eigenvalue weighted by molar-refractivity contribution is 5.93. The molecule has 1 aromatic rings. The first-order chi connectivity index (χ1) is 6.63. The van der Waals surface area contributed by atoms with Crippen molar-refractivity contribution < 1.29 is 9.18 Å². The highest BCUT2D eigenvalue weighted by atomic mass is 19.1. The Bertz CT molecular complexity index is 349. The molecule has 1 aromatic carbocycles. The number of carbonyl (C=O) groups excluding carboxylic acids is 1. The van der Waals surface area contributed by atoms with E-state index in [9.17, 15) is 9.18 Å². The summed E-state index contributed by atoms with van der Waals surface area (Å²) >= 11 is 0. The van der Waals surface area contributed by atoms with Crippen molar-refractivity contribution in [2.45, 2.75) is 20.3 Å². The summed E-state index contributed by atoms with van der Waals surface area (Å²) < 4.78 is 12.6. The van der Waals surface area contributed by atoms with E-state index < -0.39 is 0 Å². The summed E-state index contributed by atoms with van der Waals surface area (Å²) in [6.45, 7) is 3.37. The molecule has 0 amide bonds. The first-order valence-electron chi connectivity index (χ1n) is 4.54. The molecule has 0 unspecified atom stereocenters. The summed E-state index contributed by atoms with van der Waals surface area (Å²) in [6, 6.07) is 6.20. The highest BCUT2D eigenvalue weighted by Gasteiger charge is 2.03. The molecule has 1 nitrogen and oxygen atoms in total. The van der Waals surface area contributed by atoms with Gasteiger partial charge >= 0.3 is 0 Å². The Morgan fingerprint density at radius 2 is 1.93 bits per heavy atom. The van der Waals surface area contributed by atoms with Crippen LogP contribution < -0.4 is 0 Å². The van der Waals surface area contributed by atoms with Gasteiger partial charge in [-0.25, -0.2) is 4.39 Å². The van der Waals surface area contributed by atoms with Gasteiger partial charge in [0.25, 0.3) is 0 Å². The number of hydrogen-bond donors (Lipinski definition) is 0. The van der Waals surface area contributed by atoms with E-state index in [4.69, 9.17) is 0 Å². The lowest BCUT2D eigenvalue weighted by Crippen LogP contribution is -2.00. The van der Waals surface area contributed by atoms with Gasteiger partial charge in [-0.2, -0.15) is 0 Å². The Hall–Kier alpha value is -1.44. The van der Waals surface area contributed by atoms with E-state index in [1.807, 2.05) is 6.92 Å². The van der Waals surface area contributed by atoms with Gasteiger partial charge in [0, 0.05) is 6.42 Å². The van der Waals surface area contributed by atoms with Crippen LogP contribution in [0.2, 0.25) is 0 Å². The second-order valence-corrected chi connectivity index (χ2v) is 3.17. The van der Waals surface area contributed by atoms with Gasteiger partial charge in [0.2, 0.25) is 0 Å². The van der Waals surface area contributed by atoms with Crippen molar-refractivity contribution in [1.82, 2.24) is 0 Å². The van der Waals surface area contributed by atoms with Crippen molar-refractivity contribution in [3.8, 4) is 0 Å². The highest BCUT2D eigenvalue weighted by Crippen LogP contribution is 2.09. The van der Waals surface area contributed by atoms with Crippen LogP contribution in [0.25, 0.3) is 0 Å². The molecule has 0 aliphatic heterocycles. The van der Waals surface area contributed by atoms with Crippen LogP contribution in [0.4, 0.5) is 4.39 Å². The van der Waals surface area contributed by atoms with Crippen LogP contribution in [-0.2, 0) is 11.2 Å². The Morgan fingerprint density at radius 1 is 1.36 bits per heavy atom. The largest absolute Gasteiger partial charge is 0.295 e. The average Bonchev–Trinajstić information content (AvgIpc) is 2.16. The Balaban J connectivity index is 2.78. The Kier molecular flexibility index (Phi) is 3.57. The molecule has 0 bridgehead atoms. The van der Waals surface area contributed by atoms with Crippen LogP contribution in [0.5, 0.6) is 0 Å². The molecule has 14 heavy (non-hydrogen) atoms. The number of ketones is 1. The third kappa shape index (κ3) is 2.80. The molecule has 74 valence electrons. The van der Waals surface area contributed by atoms with Crippen LogP contribution in [0.15, 0.2) is 35.9 Å². The molecule has 0 aliphatic carbocycles. The lowest BCUT2D eigenvalue weighted by atomic mass is 10.0. The lowest BCUT2D eigenvalue weighted by molar-refractivity contribution is -0.113. The van der Waals surface area contributed by atoms with Gasteiger partial charge in [-0.15, -0.1) is 0 Å². The van der Waals surface area contributed by atoms with Crippen LogP contribution >= 0.6 is 0 Å². The molecule has 0 saturated heterocycles. The molecule has 0 radical (unpaired) electrons. The fourth-order valence-corrected chi connectivity index (χ4v) is 1.25. The number of benzene rings is 1. The minimum Gasteiger partial charge on any atom is -0.295 e. The van der Waals surface area contributed by atoms with E-state index in [2.05, 4.69) is 0 Å². The zero-order chi connectivity index (χ0) is 10.6. The van der Waals surface area contributed by atoms with Crippen LogP contribution in [0.3, 0.4) is 0 Å². The zero-order valence-electron chi connectivity index (χ0n) is 8.38. The first-order valence-corrected chi connectivity index (χ1v) is 4.54. The maximum absolute atomic E-state index is 12.6. The SMILES string of the molecule is C/C=C(\Cc1ccc(F)cc1)C(C)=O. The molecule has 0 saturated carbocycles. The molecule has 0 aliphatic rings. The van der Waals surface area contributed by atoms with Crippen LogP contribution in [-0.4, -0.2) is 5.78 Å². The van der Waals surface area contributed by atoms with Crippen molar-refractivity contribution in [3.05, 3.63) is 47.3 Å². The predicted octanol–water partition coefficient (Wildman–Crippen LogP) is 2.90. The summed E-state index contributed by atoms with van der Waals surface area (Å²) in [5, 5.41) is 0. The van der Waals surface area contributed by atoms with Gasteiger partial charge in [-0.05, 0) is 37.1 Å². The normalized spacial score (nSPS) is 11.5. The maximum atomic E-state index is 12.6. The fraction of sp³-hybridized carbons (Fsp3) is 0.250. The zero-order valence-corrected chi connectivity index (χ0v) is 8.38. The fourth-order valence-electron chi connectivity index (χ4n) is 1.25. The number of rotatable bonds is 3. The molecule has 0 atom stereocenters. The molecule has 1 rings (SSSR count). The molecule has 0 N–H and O–H groups in total. The summed E-state index contributed by atoms with van der Waals surface area (Å²) in [4.78, 5) is 11.1. The third-order valence-electron chi connectivity index (χ3n) is 2.11. The predicted molar refractivity (Wildman–Crippen MR) is 54.5 cm³/mol. The van der Waals surface area contributed by atoms with E-state index in [0.717, 1.165) is 11.1 Å². The number of hydrogen-bond acceptors (Lipinski definition) is 1. The molecule has 2 heteroatoms. The number of Topliss-reactive ketones (excluding diaryl/α,β-unsaturated/α-hetero) is 1. The minimum absolute atomic E-state index is 0.0665. The molecular weight excluding hydrogens is 179 g/mol. The first kappa shape index (κ1) is 10.6. The van der Waals surface area contributed by atoms with E-state index >= 15 is 0 Å². The summed E-state index contributed by atoms with van der Waals surface area (Å²) in [7, 11) is 0. The Morgan fingerprint density at radius 3 is 2.36 bits per heavy atom. The third-order valence-corrected chi connectivity index (χ3v) is 2.11.